The predicted molar refractivity (Wildman–Crippen MR) is 64.5 cm³/mol. The second kappa shape index (κ2) is 5.14. The van der Waals surface area contributed by atoms with Crippen molar-refractivity contribution >= 4 is 11.8 Å². The number of allylic oxidation sites excluding steroid dienone is 1. The third-order valence-corrected chi connectivity index (χ3v) is 3.00. The summed E-state index contributed by atoms with van der Waals surface area (Å²) in [5.41, 5.74) is 6.16. The van der Waals surface area contributed by atoms with E-state index >= 15 is 0 Å². The number of hydrogen-bond acceptors (Lipinski definition) is 2. The molecule has 0 aliphatic heterocycles. The average molecular weight is 224 g/mol. The number of aliphatic carboxylic acids is 1. The van der Waals surface area contributed by atoms with E-state index in [1.165, 1.54) is 0 Å². The lowest BCUT2D eigenvalue weighted by molar-refractivity contribution is -0.143. The Morgan fingerprint density at radius 1 is 1.50 bits per heavy atom. The first-order chi connectivity index (χ1) is 7.46. The van der Waals surface area contributed by atoms with Crippen molar-refractivity contribution < 1.29 is 9.90 Å². The van der Waals surface area contributed by atoms with Crippen molar-refractivity contribution in [2.45, 2.75) is 39.5 Å². The summed E-state index contributed by atoms with van der Waals surface area (Å²) in [5, 5.41) is 8.99. The third kappa shape index (κ3) is 3.68. The SMILES string of the molecule is CC(N)=NC/C(C)=C\CCC1(C(=O)O)CC1. The Morgan fingerprint density at radius 2 is 2.12 bits per heavy atom. The third-order valence-electron chi connectivity index (χ3n) is 3.00. The van der Waals surface area contributed by atoms with Crippen LogP contribution in [0.2, 0.25) is 0 Å². The van der Waals surface area contributed by atoms with Crippen LogP contribution in [0.15, 0.2) is 16.6 Å². The van der Waals surface area contributed by atoms with Crippen LogP contribution in [-0.2, 0) is 4.79 Å². The van der Waals surface area contributed by atoms with Gasteiger partial charge in [-0.3, -0.25) is 9.79 Å². The molecule has 1 aliphatic rings. The minimum Gasteiger partial charge on any atom is -0.481 e. The van der Waals surface area contributed by atoms with Crippen molar-refractivity contribution in [3.05, 3.63) is 11.6 Å². The van der Waals surface area contributed by atoms with Gasteiger partial charge in [-0.1, -0.05) is 11.6 Å². The molecule has 0 aromatic heterocycles. The Kier molecular flexibility index (Phi) is 4.10. The number of aliphatic imine (C=N–C) groups is 1. The highest BCUT2D eigenvalue weighted by atomic mass is 16.4. The van der Waals surface area contributed by atoms with Crippen molar-refractivity contribution in [3.8, 4) is 0 Å². The number of nitrogens with two attached hydrogens (primary N) is 1. The van der Waals surface area contributed by atoms with Gasteiger partial charge in [-0.05, 0) is 39.5 Å². The van der Waals surface area contributed by atoms with Crippen LogP contribution in [0.3, 0.4) is 0 Å². The fraction of sp³-hybridized carbons (Fsp3) is 0.667. The van der Waals surface area contributed by atoms with Crippen molar-refractivity contribution in [2.24, 2.45) is 16.1 Å². The van der Waals surface area contributed by atoms with E-state index in [2.05, 4.69) is 11.1 Å². The van der Waals surface area contributed by atoms with Crippen molar-refractivity contribution in [3.63, 3.8) is 0 Å². The molecule has 0 unspecified atom stereocenters. The second-order valence-electron chi connectivity index (χ2n) is 4.63. The van der Waals surface area contributed by atoms with Crippen LogP contribution >= 0.6 is 0 Å². The Balaban J connectivity index is 2.31. The van der Waals surface area contributed by atoms with E-state index < -0.39 is 11.4 Å². The number of carbonyl (C=O) groups is 1. The lowest BCUT2D eigenvalue weighted by Crippen LogP contribution is -2.14. The molecular weight excluding hydrogens is 204 g/mol. The molecule has 0 aromatic rings. The van der Waals surface area contributed by atoms with Gasteiger partial charge < -0.3 is 10.8 Å². The molecule has 0 amide bonds. The maximum absolute atomic E-state index is 10.9. The van der Waals surface area contributed by atoms with E-state index in [1.807, 2.05) is 6.92 Å². The van der Waals surface area contributed by atoms with E-state index in [0.29, 0.717) is 12.4 Å². The first kappa shape index (κ1) is 12.7. The molecule has 0 heterocycles. The Bertz CT molecular complexity index is 324. The number of carboxylic acid groups (broad SMARTS) is 1. The fourth-order valence-electron chi connectivity index (χ4n) is 1.63. The fourth-order valence-corrected chi connectivity index (χ4v) is 1.63. The number of carboxylic acids is 1. The summed E-state index contributed by atoms with van der Waals surface area (Å²) >= 11 is 0. The van der Waals surface area contributed by atoms with E-state index in [1.54, 1.807) is 6.92 Å². The molecule has 1 saturated carbocycles. The first-order valence-corrected chi connectivity index (χ1v) is 5.62. The van der Waals surface area contributed by atoms with E-state index in [-0.39, 0.29) is 0 Å². The van der Waals surface area contributed by atoms with Crippen molar-refractivity contribution in [2.75, 3.05) is 6.54 Å². The maximum Gasteiger partial charge on any atom is 0.309 e. The van der Waals surface area contributed by atoms with E-state index in [9.17, 15) is 4.79 Å². The zero-order valence-corrected chi connectivity index (χ0v) is 9.99. The molecule has 0 spiro atoms. The largest absolute Gasteiger partial charge is 0.481 e. The minimum atomic E-state index is -0.644. The molecule has 0 aromatic carbocycles. The molecule has 3 N–H and O–H groups in total. The van der Waals surface area contributed by atoms with Gasteiger partial charge in [-0.25, -0.2) is 0 Å². The van der Waals surface area contributed by atoms with Gasteiger partial charge in [0.15, 0.2) is 0 Å². The van der Waals surface area contributed by atoms with Gasteiger partial charge in [-0.15, -0.1) is 0 Å². The molecular formula is C12H20N2O2. The van der Waals surface area contributed by atoms with Gasteiger partial charge in [0, 0.05) is 0 Å². The van der Waals surface area contributed by atoms with Crippen LogP contribution < -0.4 is 5.73 Å². The normalized spacial score (nSPS) is 19.6. The van der Waals surface area contributed by atoms with Crippen molar-refractivity contribution in [1.29, 1.82) is 0 Å². The highest BCUT2D eigenvalue weighted by Crippen LogP contribution is 2.49. The van der Waals surface area contributed by atoms with E-state index in [4.69, 9.17) is 10.8 Å². The van der Waals surface area contributed by atoms with E-state index in [0.717, 1.165) is 31.3 Å². The molecule has 0 radical (unpaired) electrons. The number of hydrogen-bond donors (Lipinski definition) is 2. The van der Waals surface area contributed by atoms with Crippen LogP contribution in [0, 0.1) is 5.41 Å². The summed E-state index contributed by atoms with van der Waals surface area (Å²) in [4.78, 5) is 15.0. The Morgan fingerprint density at radius 3 is 2.56 bits per heavy atom. The number of nitrogens with zero attached hydrogens (tertiary/aromatic N) is 1. The quantitative estimate of drug-likeness (QED) is 0.411. The topological polar surface area (TPSA) is 75.7 Å². The monoisotopic (exact) mass is 224 g/mol. The molecule has 4 heteroatoms. The molecule has 0 atom stereocenters. The summed E-state index contributed by atoms with van der Waals surface area (Å²) in [6.45, 7) is 4.37. The molecule has 1 aliphatic carbocycles. The molecule has 16 heavy (non-hydrogen) atoms. The second-order valence-corrected chi connectivity index (χ2v) is 4.63. The molecule has 4 nitrogen and oxygen atoms in total. The van der Waals surface area contributed by atoms with Crippen LogP contribution in [0.25, 0.3) is 0 Å². The first-order valence-electron chi connectivity index (χ1n) is 5.62. The summed E-state index contributed by atoms with van der Waals surface area (Å²) in [7, 11) is 0. The maximum atomic E-state index is 10.9. The van der Waals surface area contributed by atoms with Gasteiger partial charge in [0.05, 0.1) is 17.8 Å². The average Bonchev–Trinajstić information content (AvgIpc) is 2.96. The zero-order valence-electron chi connectivity index (χ0n) is 9.99. The van der Waals surface area contributed by atoms with Gasteiger partial charge >= 0.3 is 5.97 Å². The van der Waals surface area contributed by atoms with Crippen LogP contribution in [-0.4, -0.2) is 23.5 Å². The van der Waals surface area contributed by atoms with Gasteiger partial charge in [0.25, 0.3) is 0 Å². The summed E-state index contributed by atoms with van der Waals surface area (Å²) in [6, 6.07) is 0. The summed E-state index contributed by atoms with van der Waals surface area (Å²) < 4.78 is 0. The minimum absolute atomic E-state index is 0.413. The molecule has 1 rings (SSSR count). The highest BCUT2D eigenvalue weighted by Gasteiger charge is 2.49. The highest BCUT2D eigenvalue weighted by molar-refractivity contribution is 5.78. The molecule has 90 valence electrons. The lowest BCUT2D eigenvalue weighted by Gasteiger charge is -2.07. The molecule has 0 saturated heterocycles. The van der Waals surface area contributed by atoms with Gasteiger partial charge in [-0.2, -0.15) is 0 Å². The molecule has 1 fully saturated rings. The zero-order chi connectivity index (χ0) is 12.2. The lowest BCUT2D eigenvalue weighted by atomic mass is 10.00. The Labute approximate surface area is 96.2 Å². The standard InChI is InChI=1S/C12H20N2O2/c1-9(8-14-10(2)13)4-3-5-12(6-7-12)11(15)16/h4H,3,5-8H2,1-2H3,(H2,13,14)(H,15,16)/b9-4-. The van der Waals surface area contributed by atoms with Gasteiger partial charge in [0.1, 0.15) is 0 Å². The number of rotatable bonds is 6. The van der Waals surface area contributed by atoms with Gasteiger partial charge in [0.2, 0.25) is 0 Å². The summed E-state index contributed by atoms with van der Waals surface area (Å²) in [5.74, 6) is -0.0636. The molecule has 0 bridgehead atoms. The summed E-state index contributed by atoms with van der Waals surface area (Å²) in [6.07, 6.45) is 5.28. The predicted octanol–water partition coefficient (Wildman–Crippen LogP) is 1.95. The Hall–Kier alpha value is -1.32. The van der Waals surface area contributed by atoms with Crippen LogP contribution in [0.4, 0.5) is 0 Å². The van der Waals surface area contributed by atoms with Crippen LogP contribution in [0.1, 0.15) is 39.5 Å². The van der Waals surface area contributed by atoms with Crippen LogP contribution in [0.5, 0.6) is 0 Å². The van der Waals surface area contributed by atoms with Crippen molar-refractivity contribution in [1.82, 2.24) is 0 Å². The smallest absolute Gasteiger partial charge is 0.309 e. The number of amidine groups is 1.